The number of nitrogens with one attached hydrogen (secondary N) is 2. The zero-order valence-electron chi connectivity index (χ0n) is 15.6. The number of piperidine rings is 1. The number of ether oxygens (including phenoxy) is 1. The van der Waals surface area contributed by atoms with Gasteiger partial charge in [0.25, 0.3) is 5.91 Å². The Morgan fingerprint density at radius 3 is 2.69 bits per heavy atom. The van der Waals surface area contributed by atoms with Gasteiger partial charge in [-0.1, -0.05) is 6.92 Å². The SMILES string of the molecule is CCOC(=O)c1c(NC(=O)C[NH+]2CCC[C@H](C(N)=O)C2)sc(C)c1CC. The van der Waals surface area contributed by atoms with Crippen LogP contribution in [0.3, 0.4) is 0 Å². The summed E-state index contributed by atoms with van der Waals surface area (Å²) in [6, 6.07) is 0. The summed E-state index contributed by atoms with van der Waals surface area (Å²) in [6.45, 7) is 7.64. The maximum Gasteiger partial charge on any atom is 0.341 e. The van der Waals surface area contributed by atoms with Crippen LogP contribution in [0.2, 0.25) is 0 Å². The monoisotopic (exact) mass is 382 g/mol. The fourth-order valence-corrected chi connectivity index (χ4v) is 4.61. The van der Waals surface area contributed by atoms with E-state index in [9.17, 15) is 14.4 Å². The second-order valence-corrected chi connectivity index (χ2v) is 7.81. The predicted molar refractivity (Wildman–Crippen MR) is 101 cm³/mol. The molecule has 0 bridgehead atoms. The molecular weight excluding hydrogens is 354 g/mol. The first-order valence-electron chi connectivity index (χ1n) is 9.09. The van der Waals surface area contributed by atoms with E-state index in [-0.39, 0.29) is 30.9 Å². The lowest BCUT2D eigenvalue weighted by molar-refractivity contribution is -0.899. The van der Waals surface area contributed by atoms with E-state index in [0.717, 1.165) is 34.7 Å². The lowest BCUT2D eigenvalue weighted by Gasteiger charge is -2.27. The molecule has 0 spiro atoms. The average molecular weight is 383 g/mol. The van der Waals surface area contributed by atoms with Crippen LogP contribution in [0.25, 0.3) is 0 Å². The molecule has 1 aliphatic heterocycles. The van der Waals surface area contributed by atoms with E-state index in [0.29, 0.717) is 23.5 Å². The summed E-state index contributed by atoms with van der Waals surface area (Å²) in [5, 5.41) is 3.43. The highest BCUT2D eigenvalue weighted by Gasteiger charge is 2.29. The Bertz CT molecular complexity index is 686. The molecule has 1 saturated heterocycles. The number of hydrogen-bond acceptors (Lipinski definition) is 5. The quantitative estimate of drug-likeness (QED) is 0.598. The summed E-state index contributed by atoms with van der Waals surface area (Å²) in [6.07, 6.45) is 2.36. The summed E-state index contributed by atoms with van der Waals surface area (Å²) >= 11 is 1.40. The van der Waals surface area contributed by atoms with Crippen molar-refractivity contribution >= 4 is 34.1 Å². The maximum atomic E-state index is 12.5. The topological polar surface area (TPSA) is 103 Å². The Morgan fingerprint density at radius 2 is 2.08 bits per heavy atom. The number of carbonyl (C=O) groups is 3. The summed E-state index contributed by atoms with van der Waals surface area (Å²) in [4.78, 5) is 38.3. The molecule has 2 heterocycles. The van der Waals surface area contributed by atoms with Gasteiger partial charge in [-0.05, 0) is 38.7 Å². The molecule has 26 heavy (non-hydrogen) atoms. The second-order valence-electron chi connectivity index (χ2n) is 6.59. The molecule has 144 valence electrons. The molecule has 0 radical (unpaired) electrons. The van der Waals surface area contributed by atoms with Crippen LogP contribution >= 0.6 is 11.3 Å². The van der Waals surface area contributed by atoms with Gasteiger partial charge in [0, 0.05) is 4.88 Å². The van der Waals surface area contributed by atoms with Crippen molar-refractivity contribution in [2.75, 3.05) is 31.6 Å². The van der Waals surface area contributed by atoms with Crippen LogP contribution in [0, 0.1) is 12.8 Å². The zero-order chi connectivity index (χ0) is 19.3. The normalized spacial score (nSPS) is 19.8. The smallest absolute Gasteiger partial charge is 0.341 e. The molecule has 1 fully saturated rings. The highest BCUT2D eigenvalue weighted by atomic mass is 32.1. The van der Waals surface area contributed by atoms with E-state index < -0.39 is 5.97 Å². The Balaban J connectivity index is 2.09. The van der Waals surface area contributed by atoms with Crippen molar-refractivity contribution in [2.45, 2.75) is 40.0 Å². The first-order valence-corrected chi connectivity index (χ1v) is 9.91. The molecule has 1 aromatic rings. The number of esters is 1. The molecule has 8 heteroatoms. The predicted octanol–water partition coefficient (Wildman–Crippen LogP) is 0.514. The van der Waals surface area contributed by atoms with Crippen LogP contribution in [0.5, 0.6) is 0 Å². The second kappa shape index (κ2) is 9.14. The van der Waals surface area contributed by atoms with Crippen LogP contribution in [0.4, 0.5) is 5.00 Å². The molecule has 1 aromatic heterocycles. The van der Waals surface area contributed by atoms with Gasteiger partial charge in [0.1, 0.15) is 5.00 Å². The summed E-state index contributed by atoms with van der Waals surface area (Å²) in [5.74, 6) is -1.03. The zero-order valence-corrected chi connectivity index (χ0v) is 16.5. The van der Waals surface area contributed by atoms with Crippen LogP contribution in [0.15, 0.2) is 0 Å². The van der Waals surface area contributed by atoms with Crippen LogP contribution in [-0.4, -0.2) is 44.0 Å². The molecule has 1 unspecified atom stereocenters. The number of nitrogens with two attached hydrogens (primary N) is 1. The summed E-state index contributed by atoms with van der Waals surface area (Å²) < 4.78 is 5.16. The summed E-state index contributed by atoms with van der Waals surface area (Å²) in [5.41, 5.74) is 6.78. The fraction of sp³-hybridized carbons (Fsp3) is 0.611. The molecule has 1 aliphatic rings. The average Bonchev–Trinajstić information content (AvgIpc) is 2.90. The Kier molecular flexibility index (Phi) is 7.16. The standard InChI is InChI=1S/C18H27N3O4S/c1-4-13-11(3)26-17(15(13)18(24)25-5-2)20-14(22)10-21-8-6-7-12(9-21)16(19)23/h12H,4-10H2,1-3H3,(H2,19,23)(H,20,22)/p+1/t12-/m0/s1. The third kappa shape index (κ3) is 4.82. The van der Waals surface area contributed by atoms with Gasteiger partial charge in [0.15, 0.2) is 6.54 Å². The van der Waals surface area contributed by atoms with E-state index >= 15 is 0 Å². The van der Waals surface area contributed by atoms with Gasteiger partial charge in [-0.25, -0.2) is 4.79 Å². The van der Waals surface area contributed by atoms with E-state index in [2.05, 4.69) is 5.32 Å². The summed E-state index contributed by atoms with van der Waals surface area (Å²) in [7, 11) is 0. The molecule has 7 nitrogen and oxygen atoms in total. The lowest BCUT2D eigenvalue weighted by Crippen LogP contribution is -3.14. The van der Waals surface area contributed by atoms with Gasteiger partial charge >= 0.3 is 5.97 Å². The largest absolute Gasteiger partial charge is 0.462 e. The van der Waals surface area contributed by atoms with Gasteiger partial charge in [-0.15, -0.1) is 11.3 Å². The Morgan fingerprint density at radius 1 is 1.35 bits per heavy atom. The third-order valence-corrected chi connectivity index (χ3v) is 5.79. The van der Waals surface area contributed by atoms with Crippen LogP contribution < -0.4 is 16.0 Å². The maximum absolute atomic E-state index is 12.5. The lowest BCUT2D eigenvalue weighted by atomic mass is 9.97. The van der Waals surface area contributed by atoms with Crippen molar-refractivity contribution in [2.24, 2.45) is 11.7 Å². The number of thiophene rings is 1. The number of anilines is 1. The van der Waals surface area contributed by atoms with E-state index in [1.165, 1.54) is 11.3 Å². The number of quaternary nitrogens is 1. The van der Waals surface area contributed by atoms with Crippen molar-refractivity contribution in [3.8, 4) is 0 Å². The minimum Gasteiger partial charge on any atom is -0.462 e. The molecular formula is C18H28N3O4S+. The first-order chi connectivity index (χ1) is 12.4. The van der Waals surface area contributed by atoms with E-state index in [1.807, 2.05) is 13.8 Å². The van der Waals surface area contributed by atoms with E-state index in [4.69, 9.17) is 10.5 Å². The van der Waals surface area contributed by atoms with Crippen LogP contribution in [-0.2, 0) is 20.7 Å². The van der Waals surface area contributed by atoms with Crippen molar-refractivity contribution < 1.29 is 24.0 Å². The Hall–Kier alpha value is -1.93. The van der Waals surface area contributed by atoms with Crippen molar-refractivity contribution in [3.05, 3.63) is 16.0 Å². The number of likely N-dealkylation sites (tertiary alicyclic amines) is 1. The number of aryl methyl sites for hydroxylation is 1. The number of hydrogen-bond donors (Lipinski definition) is 3. The molecule has 0 aromatic carbocycles. The van der Waals surface area contributed by atoms with Crippen molar-refractivity contribution in [1.29, 1.82) is 0 Å². The Labute approximate surface area is 157 Å². The molecule has 0 saturated carbocycles. The van der Waals surface area contributed by atoms with Crippen molar-refractivity contribution in [1.82, 2.24) is 0 Å². The molecule has 2 rings (SSSR count). The number of carbonyl (C=O) groups excluding carboxylic acids is 3. The number of amides is 2. The van der Waals surface area contributed by atoms with Crippen LogP contribution in [0.1, 0.15) is 47.5 Å². The van der Waals surface area contributed by atoms with Gasteiger partial charge in [-0.3, -0.25) is 9.59 Å². The fourth-order valence-electron chi connectivity index (χ4n) is 3.46. The molecule has 4 N–H and O–H groups in total. The van der Waals surface area contributed by atoms with Gasteiger partial charge in [0.2, 0.25) is 5.91 Å². The minimum absolute atomic E-state index is 0.167. The van der Waals surface area contributed by atoms with Gasteiger partial charge in [0.05, 0.1) is 31.2 Å². The minimum atomic E-state index is -0.400. The molecule has 2 atom stereocenters. The van der Waals surface area contributed by atoms with Gasteiger partial charge in [-0.2, -0.15) is 0 Å². The third-order valence-electron chi connectivity index (χ3n) is 4.73. The number of primary amides is 1. The van der Waals surface area contributed by atoms with E-state index in [1.54, 1.807) is 6.92 Å². The van der Waals surface area contributed by atoms with Gasteiger partial charge < -0.3 is 20.7 Å². The number of rotatable bonds is 7. The molecule has 0 aliphatic carbocycles. The molecule has 2 amide bonds. The van der Waals surface area contributed by atoms with Crippen molar-refractivity contribution in [3.63, 3.8) is 0 Å². The first kappa shape index (κ1) is 20.4. The highest BCUT2D eigenvalue weighted by Crippen LogP contribution is 2.34. The highest BCUT2D eigenvalue weighted by molar-refractivity contribution is 7.16.